The highest BCUT2D eigenvalue weighted by atomic mass is 32.1. The van der Waals surface area contributed by atoms with Gasteiger partial charge in [-0.15, -0.1) is 11.3 Å². The number of carbonyl (C=O) groups is 1. The number of hydrogen-bond acceptors (Lipinski definition) is 2. The molecule has 2 nitrogen and oxygen atoms in total. The fraction of sp³-hybridized carbons (Fsp3) is 0. The molecule has 3 heteroatoms. The van der Waals surface area contributed by atoms with E-state index in [0.717, 1.165) is 10.4 Å². The van der Waals surface area contributed by atoms with Crippen molar-refractivity contribution in [3.05, 3.63) is 58.3 Å². The van der Waals surface area contributed by atoms with Crippen LogP contribution >= 0.6 is 11.3 Å². The summed E-state index contributed by atoms with van der Waals surface area (Å²) >= 11 is 1.48. The summed E-state index contributed by atoms with van der Waals surface area (Å²) in [5.74, 6) is 0.107. The van der Waals surface area contributed by atoms with Crippen molar-refractivity contribution in [2.24, 2.45) is 0 Å². The molecule has 0 unspecified atom stereocenters. The van der Waals surface area contributed by atoms with Gasteiger partial charge in [0.1, 0.15) is 0 Å². The zero-order valence-corrected chi connectivity index (χ0v) is 8.25. The van der Waals surface area contributed by atoms with Crippen molar-refractivity contribution < 1.29 is 10.3 Å². The molecule has 2 N–H and O–H groups in total. The van der Waals surface area contributed by atoms with Crippen LogP contribution in [0.5, 0.6) is 0 Å². The van der Waals surface area contributed by atoms with Crippen LogP contribution < -0.4 is 0 Å². The average molecular weight is 206 g/mol. The Morgan fingerprint density at radius 2 is 1.71 bits per heavy atom. The van der Waals surface area contributed by atoms with Gasteiger partial charge in [0, 0.05) is 5.56 Å². The number of ketones is 1. The predicted octanol–water partition coefficient (Wildman–Crippen LogP) is 2.15. The van der Waals surface area contributed by atoms with Gasteiger partial charge in [0.25, 0.3) is 0 Å². The lowest BCUT2D eigenvalue weighted by Crippen LogP contribution is -1.96. The molecule has 0 atom stereocenters. The van der Waals surface area contributed by atoms with Crippen molar-refractivity contribution >= 4 is 17.1 Å². The molecule has 72 valence electrons. The highest BCUT2D eigenvalue weighted by Gasteiger charge is 2.07. The summed E-state index contributed by atoms with van der Waals surface area (Å²) in [4.78, 5) is 12.5. The molecular weight excluding hydrogens is 196 g/mol. The van der Waals surface area contributed by atoms with Crippen molar-refractivity contribution in [1.29, 1.82) is 0 Å². The van der Waals surface area contributed by atoms with E-state index < -0.39 is 0 Å². The Bertz CT molecular complexity index is 392. The minimum Gasteiger partial charge on any atom is -0.412 e. The van der Waals surface area contributed by atoms with Crippen LogP contribution in [-0.2, 0) is 0 Å². The van der Waals surface area contributed by atoms with E-state index >= 15 is 0 Å². The van der Waals surface area contributed by atoms with E-state index in [0.29, 0.717) is 0 Å². The topological polar surface area (TPSA) is 48.6 Å². The first-order valence-electron chi connectivity index (χ1n) is 4.01. The van der Waals surface area contributed by atoms with Crippen LogP contribution in [0.25, 0.3) is 0 Å². The zero-order chi connectivity index (χ0) is 9.10. The summed E-state index contributed by atoms with van der Waals surface area (Å²) in [6, 6.07) is 13.1. The van der Waals surface area contributed by atoms with Gasteiger partial charge in [0.05, 0.1) is 4.88 Å². The van der Waals surface area contributed by atoms with E-state index in [2.05, 4.69) is 0 Å². The van der Waals surface area contributed by atoms with E-state index in [-0.39, 0.29) is 11.3 Å². The molecule has 2 rings (SSSR count). The SMILES string of the molecule is O.O=C(c1ccccc1)c1cccs1. The molecule has 0 aliphatic carbocycles. The second kappa shape index (κ2) is 4.69. The molecule has 2 aromatic rings. The van der Waals surface area contributed by atoms with Crippen LogP contribution in [0.1, 0.15) is 15.2 Å². The summed E-state index contributed by atoms with van der Waals surface area (Å²) < 4.78 is 0. The molecule has 0 saturated carbocycles. The van der Waals surface area contributed by atoms with Crippen molar-refractivity contribution in [2.45, 2.75) is 0 Å². The quantitative estimate of drug-likeness (QED) is 0.694. The third-order valence-electron chi connectivity index (χ3n) is 1.78. The smallest absolute Gasteiger partial charge is 0.202 e. The van der Waals surface area contributed by atoms with Gasteiger partial charge in [-0.2, -0.15) is 0 Å². The molecule has 0 fully saturated rings. The van der Waals surface area contributed by atoms with Gasteiger partial charge in [-0.3, -0.25) is 4.79 Å². The first-order valence-corrected chi connectivity index (χ1v) is 4.89. The van der Waals surface area contributed by atoms with Crippen LogP contribution in [0.4, 0.5) is 0 Å². The third kappa shape index (κ3) is 2.07. The monoisotopic (exact) mass is 206 g/mol. The largest absolute Gasteiger partial charge is 0.412 e. The summed E-state index contributed by atoms with van der Waals surface area (Å²) in [6.45, 7) is 0. The van der Waals surface area contributed by atoms with Gasteiger partial charge in [-0.05, 0) is 11.4 Å². The van der Waals surface area contributed by atoms with Crippen molar-refractivity contribution in [2.75, 3.05) is 0 Å². The molecule has 1 aromatic carbocycles. The maximum atomic E-state index is 11.7. The Kier molecular flexibility index (Phi) is 3.56. The highest BCUT2D eigenvalue weighted by Crippen LogP contribution is 2.14. The number of rotatable bonds is 2. The first kappa shape index (κ1) is 10.6. The van der Waals surface area contributed by atoms with Crippen molar-refractivity contribution in [1.82, 2.24) is 0 Å². The fourth-order valence-corrected chi connectivity index (χ4v) is 1.83. The van der Waals surface area contributed by atoms with Crippen LogP contribution in [0.15, 0.2) is 47.8 Å². The lowest BCUT2D eigenvalue weighted by Gasteiger charge is -1.95. The molecule has 0 aliphatic rings. The summed E-state index contributed by atoms with van der Waals surface area (Å²) in [5, 5.41) is 1.91. The summed E-state index contributed by atoms with van der Waals surface area (Å²) in [7, 11) is 0. The molecule has 0 aliphatic heterocycles. The average Bonchev–Trinajstić information content (AvgIpc) is 2.71. The number of thiophene rings is 1. The number of benzene rings is 1. The second-order valence-corrected chi connectivity index (χ2v) is 3.62. The van der Waals surface area contributed by atoms with Gasteiger partial charge in [-0.1, -0.05) is 36.4 Å². The van der Waals surface area contributed by atoms with Crippen LogP contribution in [0.2, 0.25) is 0 Å². The van der Waals surface area contributed by atoms with Crippen LogP contribution in [0.3, 0.4) is 0 Å². The van der Waals surface area contributed by atoms with Gasteiger partial charge in [0.2, 0.25) is 5.78 Å². The first-order chi connectivity index (χ1) is 6.38. The summed E-state index contributed by atoms with van der Waals surface area (Å²) in [6.07, 6.45) is 0. The van der Waals surface area contributed by atoms with Gasteiger partial charge in [0.15, 0.2) is 0 Å². The maximum Gasteiger partial charge on any atom is 0.202 e. The maximum absolute atomic E-state index is 11.7. The molecule has 0 saturated heterocycles. The minimum atomic E-state index is 0. The second-order valence-electron chi connectivity index (χ2n) is 2.67. The molecule has 1 heterocycles. The lowest BCUT2D eigenvalue weighted by atomic mass is 10.1. The van der Waals surface area contributed by atoms with Gasteiger partial charge in [-0.25, -0.2) is 0 Å². The van der Waals surface area contributed by atoms with E-state index in [4.69, 9.17) is 0 Å². The molecule has 0 amide bonds. The molecule has 1 aromatic heterocycles. The Labute approximate surface area is 86.1 Å². The Morgan fingerprint density at radius 3 is 2.29 bits per heavy atom. The standard InChI is InChI=1S/C11H8OS.H2O/c12-11(10-7-4-8-13-10)9-5-2-1-3-6-9;/h1-8H;1H2. The third-order valence-corrected chi connectivity index (χ3v) is 2.65. The Morgan fingerprint density at radius 1 is 1.00 bits per heavy atom. The predicted molar refractivity (Wildman–Crippen MR) is 57.8 cm³/mol. The summed E-state index contributed by atoms with van der Waals surface area (Å²) in [5.41, 5.74) is 0.755. The van der Waals surface area contributed by atoms with Crippen molar-refractivity contribution in [3.8, 4) is 0 Å². The Hall–Kier alpha value is -1.45. The zero-order valence-electron chi connectivity index (χ0n) is 7.44. The molecule has 0 bridgehead atoms. The van der Waals surface area contributed by atoms with Crippen LogP contribution in [-0.4, -0.2) is 11.3 Å². The van der Waals surface area contributed by atoms with Crippen molar-refractivity contribution in [3.63, 3.8) is 0 Å². The van der Waals surface area contributed by atoms with E-state index in [1.165, 1.54) is 11.3 Å². The highest BCUT2D eigenvalue weighted by molar-refractivity contribution is 7.12. The van der Waals surface area contributed by atoms with E-state index in [1.807, 2.05) is 47.8 Å². The van der Waals surface area contributed by atoms with E-state index in [1.54, 1.807) is 0 Å². The van der Waals surface area contributed by atoms with Gasteiger partial charge < -0.3 is 5.48 Å². The molecule has 14 heavy (non-hydrogen) atoms. The van der Waals surface area contributed by atoms with Gasteiger partial charge >= 0.3 is 0 Å². The fourth-order valence-electron chi connectivity index (χ4n) is 1.14. The van der Waals surface area contributed by atoms with Crippen LogP contribution in [0, 0.1) is 0 Å². The number of carbonyl (C=O) groups excluding carboxylic acids is 1. The Balaban J connectivity index is 0.000000980. The lowest BCUT2D eigenvalue weighted by molar-refractivity contribution is 0.104. The molecule has 0 radical (unpaired) electrons. The minimum absolute atomic E-state index is 0. The molecular formula is C11H10O2S. The van der Waals surface area contributed by atoms with E-state index in [9.17, 15) is 4.79 Å². The number of hydrogen-bond donors (Lipinski definition) is 0. The normalized spacial score (nSPS) is 9.14. The molecule has 0 spiro atoms.